The quantitative estimate of drug-likeness (QED) is 0.296. The number of hydrogen-bond acceptors (Lipinski definition) is 6. The lowest BCUT2D eigenvalue weighted by atomic mass is 9.74. The Morgan fingerprint density at radius 1 is 1.15 bits per heavy atom. The number of hydrogen-bond donors (Lipinski definition) is 1. The van der Waals surface area contributed by atoms with Gasteiger partial charge < -0.3 is 24.3 Å². The maximum atomic E-state index is 12.0. The zero-order valence-electron chi connectivity index (χ0n) is 16.7. The van der Waals surface area contributed by atoms with Crippen molar-refractivity contribution in [3.05, 3.63) is 28.8 Å². The maximum absolute atomic E-state index is 12.0. The summed E-state index contributed by atoms with van der Waals surface area (Å²) in [5.41, 5.74) is 2.44. The number of carbonyl (C=O) groups excluding carboxylic acids is 2. The van der Waals surface area contributed by atoms with E-state index >= 15 is 0 Å². The van der Waals surface area contributed by atoms with E-state index < -0.39 is 11.6 Å². The predicted octanol–water partition coefficient (Wildman–Crippen LogP) is 1.88. The van der Waals surface area contributed by atoms with Crippen LogP contribution < -0.4 is 10.1 Å². The summed E-state index contributed by atoms with van der Waals surface area (Å²) in [7, 11) is 3.40. The van der Waals surface area contributed by atoms with Gasteiger partial charge in [0.15, 0.2) is 7.85 Å². The van der Waals surface area contributed by atoms with Crippen LogP contribution in [0.15, 0.2) is 12.1 Å². The number of rotatable bonds is 10. The normalized spacial score (nSPS) is 11.3. The minimum absolute atomic E-state index is 0.0854. The van der Waals surface area contributed by atoms with Gasteiger partial charge in [0.25, 0.3) is 0 Å². The number of nitrogens with one attached hydrogen (secondary N) is 1. The van der Waals surface area contributed by atoms with Crippen molar-refractivity contribution in [2.75, 3.05) is 33.4 Å². The van der Waals surface area contributed by atoms with Gasteiger partial charge in [-0.15, -0.1) is 0 Å². The lowest BCUT2D eigenvalue weighted by Crippen LogP contribution is -2.25. The molecule has 1 aromatic rings. The number of aryl methyl sites for hydroxylation is 2. The smallest absolute Gasteiger partial charge is 0.432 e. The zero-order valence-corrected chi connectivity index (χ0v) is 16.7. The van der Waals surface area contributed by atoms with Gasteiger partial charge in [0, 0.05) is 18.5 Å². The van der Waals surface area contributed by atoms with Crippen molar-refractivity contribution in [2.45, 2.75) is 39.5 Å². The van der Waals surface area contributed by atoms with Crippen molar-refractivity contribution in [2.24, 2.45) is 0 Å². The maximum Gasteiger partial charge on any atom is 0.513 e. The summed E-state index contributed by atoms with van der Waals surface area (Å²) in [4.78, 5) is 23.7. The van der Waals surface area contributed by atoms with E-state index in [1.807, 2.05) is 40.8 Å². The molecule has 0 aliphatic carbocycles. The molecule has 1 N–H and O–H groups in total. The van der Waals surface area contributed by atoms with Crippen LogP contribution >= 0.6 is 0 Å². The molecule has 0 atom stereocenters. The molecule has 0 heterocycles. The van der Waals surface area contributed by atoms with E-state index in [2.05, 4.69) is 5.32 Å². The first-order chi connectivity index (χ1) is 12.2. The topological polar surface area (TPSA) is 73.9 Å². The van der Waals surface area contributed by atoms with Gasteiger partial charge in [-0.1, -0.05) is 19.9 Å². The second kappa shape index (κ2) is 10.3. The van der Waals surface area contributed by atoms with E-state index in [1.54, 1.807) is 13.9 Å². The molecule has 0 unspecified atom stereocenters. The molecular formula is C19H30BNO5. The summed E-state index contributed by atoms with van der Waals surface area (Å²) < 4.78 is 15.8. The highest BCUT2D eigenvalue weighted by molar-refractivity contribution is 6.57. The molecule has 6 nitrogen and oxygen atoms in total. The Morgan fingerprint density at radius 2 is 1.85 bits per heavy atom. The number of benzene rings is 1. The van der Waals surface area contributed by atoms with E-state index in [0.717, 1.165) is 23.2 Å². The summed E-state index contributed by atoms with van der Waals surface area (Å²) in [6, 6.07) is 3.82. The second-order valence-corrected chi connectivity index (χ2v) is 7.13. The van der Waals surface area contributed by atoms with Gasteiger partial charge in [-0.05, 0) is 43.5 Å². The van der Waals surface area contributed by atoms with Gasteiger partial charge in [0.05, 0.1) is 18.9 Å². The van der Waals surface area contributed by atoms with Crippen molar-refractivity contribution in [1.29, 1.82) is 0 Å². The SMILES string of the molecule is BC(=O)CC(C)(C)c1c(C)cc(C)cc1OC(=O)OCCOCCNC. The van der Waals surface area contributed by atoms with Gasteiger partial charge in [0.1, 0.15) is 12.4 Å². The standard InChI is InChI=1S/C19H30BNO5/c1-13-10-14(2)17(19(3,4)12-16(20)22)15(11-13)26-18(23)25-9-8-24-7-6-21-5/h10-11,21H,6-9,12,20H2,1-5H3. The fourth-order valence-electron chi connectivity index (χ4n) is 3.17. The molecule has 1 rings (SSSR count). The van der Waals surface area contributed by atoms with E-state index in [-0.39, 0.29) is 12.3 Å². The van der Waals surface area contributed by atoms with Crippen LogP contribution in [-0.4, -0.2) is 53.1 Å². The third kappa shape index (κ3) is 7.18. The van der Waals surface area contributed by atoms with Crippen LogP contribution in [0.4, 0.5) is 4.79 Å². The van der Waals surface area contributed by atoms with Crippen LogP contribution in [0.3, 0.4) is 0 Å². The second-order valence-electron chi connectivity index (χ2n) is 7.13. The first kappa shape index (κ1) is 22.2. The molecule has 7 heteroatoms. The Balaban J connectivity index is 2.82. The van der Waals surface area contributed by atoms with E-state index in [4.69, 9.17) is 14.2 Å². The lowest BCUT2D eigenvalue weighted by molar-refractivity contribution is -0.112. The van der Waals surface area contributed by atoms with Gasteiger partial charge in [-0.3, -0.25) is 0 Å². The third-order valence-corrected chi connectivity index (χ3v) is 3.95. The predicted molar refractivity (Wildman–Crippen MR) is 104 cm³/mol. The summed E-state index contributed by atoms with van der Waals surface area (Å²) in [6.07, 6.45) is -0.409. The minimum atomic E-state index is -0.771. The fraction of sp³-hybridized carbons (Fsp3) is 0.579. The van der Waals surface area contributed by atoms with E-state index in [0.29, 0.717) is 25.4 Å². The molecule has 0 saturated heterocycles. The van der Waals surface area contributed by atoms with Gasteiger partial charge in [-0.25, -0.2) is 4.79 Å². The number of carbonyl (C=O) groups is 2. The van der Waals surface area contributed by atoms with E-state index in [1.165, 1.54) is 0 Å². The first-order valence-corrected chi connectivity index (χ1v) is 8.85. The number of ether oxygens (including phenoxy) is 3. The van der Waals surface area contributed by atoms with Gasteiger partial charge in [0.2, 0.25) is 0 Å². The molecule has 0 aliphatic heterocycles. The molecule has 0 bridgehead atoms. The average Bonchev–Trinajstić information content (AvgIpc) is 2.48. The Kier molecular flexibility index (Phi) is 8.82. The van der Waals surface area contributed by atoms with Crippen molar-refractivity contribution < 1.29 is 23.8 Å². The van der Waals surface area contributed by atoms with Crippen LogP contribution in [0.5, 0.6) is 5.75 Å². The minimum Gasteiger partial charge on any atom is -0.432 e. The highest BCUT2D eigenvalue weighted by Crippen LogP contribution is 2.38. The zero-order chi connectivity index (χ0) is 19.7. The Hall–Kier alpha value is -1.86. The molecule has 0 fully saturated rings. The van der Waals surface area contributed by atoms with Crippen LogP contribution in [0.2, 0.25) is 0 Å². The van der Waals surface area contributed by atoms with Gasteiger partial charge in [-0.2, -0.15) is 0 Å². The summed E-state index contributed by atoms with van der Waals surface area (Å²) in [5.74, 6) is 0.440. The number of likely N-dealkylation sites (N-methyl/N-ethyl adjacent to an activating group) is 1. The molecule has 1 aromatic carbocycles. The summed E-state index contributed by atoms with van der Waals surface area (Å²) >= 11 is 0. The molecule has 144 valence electrons. The summed E-state index contributed by atoms with van der Waals surface area (Å²) in [5, 5.41) is 2.96. The fourth-order valence-corrected chi connectivity index (χ4v) is 3.17. The molecule has 0 aliphatic rings. The Labute approximate surface area is 157 Å². The molecule has 0 radical (unpaired) electrons. The molecule has 0 saturated carbocycles. The highest BCUT2D eigenvalue weighted by Gasteiger charge is 2.29. The van der Waals surface area contributed by atoms with Crippen LogP contribution in [0.1, 0.15) is 37.0 Å². The Bertz CT molecular complexity index is 631. The van der Waals surface area contributed by atoms with E-state index in [9.17, 15) is 9.59 Å². The largest absolute Gasteiger partial charge is 0.513 e. The van der Waals surface area contributed by atoms with Crippen LogP contribution in [0.25, 0.3) is 0 Å². The van der Waals surface area contributed by atoms with Crippen molar-refractivity contribution in [1.82, 2.24) is 5.32 Å². The average molecular weight is 363 g/mol. The van der Waals surface area contributed by atoms with Crippen molar-refractivity contribution in [3.63, 3.8) is 0 Å². The highest BCUT2D eigenvalue weighted by atomic mass is 16.7. The monoisotopic (exact) mass is 363 g/mol. The van der Waals surface area contributed by atoms with Crippen LogP contribution in [0, 0.1) is 13.8 Å². The summed E-state index contributed by atoms with van der Waals surface area (Å²) in [6.45, 7) is 9.56. The van der Waals surface area contributed by atoms with Crippen molar-refractivity contribution >= 4 is 19.7 Å². The third-order valence-electron chi connectivity index (χ3n) is 3.95. The molecular weight excluding hydrogens is 333 g/mol. The van der Waals surface area contributed by atoms with Crippen molar-refractivity contribution in [3.8, 4) is 5.75 Å². The first-order valence-electron chi connectivity index (χ1n) is 8.85. The molecule has 0 amide bonds. The van der Waals surface area contributed by atoms with Gasteiger partial charge >= 0.3 is 6.16 Å². The lowest BCUT2D eigenvalue weighted by Gasteiger charge is -2.28. The molecule has 0 aromatic heterocycles. The molecule has 0 spiro atoms. The molecule has 26 heavy (non-hydrogen) atoms. The Morgan fingerprint density at radius 3 is 2.46 bits per heavy atom. The van der Waals surface area contributed by atoms with Crippen LogP contribution in [-0.2, 0) is 19.7 Å².